The number of aliphatic hydroxyl groups is 1. The molecule has 4 aromatic rings. The fourth-order valence-corrected chi connectivity index (χ4v) is 7.00. The van der Waals surface area contributed by atoms with Crippen LogP contribution in [0, 0.1) is 6.92 Å². The number of methoxy groups -OCH3 is 1. The van der Waals surface area contributed by atoms with Crippen molar-refractivity contribution in [3.63, 3.8) is 0 Å². The number of aliphatic hydroxyl groups excluding tert-OH is 1. The third-order valence-electron chi connectivity index (χ3n) is 7.60. The van der Waals surface area contributed by atoms with Crippen LogP contribution in [0.1, 0.15) is 48.1 Å². The number of fused-ring (bicyclic) bond motifs is 1. The Hall–Kier alpha value is -4.55. The molecule has 1 unspecified atom stereocenters. The maximum atomic E-state index is 13.7. The average Bonchev–Trinajstić information content (AvgIpc) is 3.65. The minimum Gasteiger partial charge on any atom is -0.507 e. The van der Waals surface area contributed by atoms with Crippen molar-refractivity contribution in [3.8, 4) is 23.0 Å². The first-order chi connectivity index (χ1) is 22.4. The van der Waals surface area contributed by atoms with Gasteiger partial charge in [-0.2, -0.15) is 0 Å². The lowest BCUT2D eigenvalue weighted by molar-refractivity contribution is -0.132. The Labute approximate surface area is 275 Å². The van der Waals surface area contributed by atoms with Gasteiger partial charge in [0.1, 0.15) is 19.0 Å². The van der Waals surface area contributed by atoms with Crippen molar-refractivity contribution < 1.29 is 33.6 Å². The number of carbonyl (C=O) groups excluding carboxylic acids is 2. The van der Waals surface area contributed by atoms with Crippen molar-refractivity contribution in [2.75, 3.05) is 31.8 Å². The fraction of sp³-hybridized carbons (Fsp3) is 0.294. The van der Waals surface area contributed by atoms with E-state index < -0.39 is 17.7 Å². The molecule has 10 nitrogen and oxygen atoms in total. The van der Waals surface area contributed by atoms with Crippen LogP contribution in [-0.2, 0) is 15.3 Å². The SMILES string of the molecule is CCCCOc1ccc(C2/C(=C(\O)c3ccc4c(c3)OCCO4)C(=O)C(=O)N2c2nnc(SCc3ccc(C)cc3)s2)cc1OC. The molecular weight excluding hydrogens is 627 g/mol. The maximum absolute atomic E-state index is 13.7. The molecule has 2 aliphatic rings. The van der Waals surface area contributed by atoms with Gasteiger partial charge in [0.15, 0.2) is 27.3 Å². The Morgan fingerprint density at radius 1 is 1.02 bits per heavy atom. The van der Waals surface area contributed by atoms with Crippen molar-refractivity contribution in [2.45, 2.75) is 42.8 Å². The van der Waals surface area contributed by atoms with Crippen LogP contribution >= 0.6 is 23.1 Å². The molecule has 1 saturated heterocycles. The lowest BCUT2D eigenvalue weighted by Crippen LogP contribution is -2.29. The van der Waals surface area contributed by atoms with Gasteiger partial charge >= 0.3 is 5.91 Å². The van der Waals surface area contributed by atoms with E-state index in [0.717, 1.165) is 18.4 Å². The molecule has 1 fully saturated rings. The number of amides is 1. The quantitative estimate of drug-likeness (QED) is 0.0464. The van der Waals surface area contributed by atoms with Crippen LogP contribution in [0.5, 0.6) is 23.0 Å². The molecule has 2 aliphatic heterocycles. The third-order valence-corrected chi connectivity index (χ3v) is 9.73. The number of rotatable bonds is 11. The van der Waals surface area contributed by atoms with Crippen LogP contribution in [0.3, 0.4) is 0 Å². The molecule has 3 aromatic carbocycles. The summed E-state index contributed by atoms with van der Waals surface area (Å²) in [5.41, 5.74) is 3.05. The number of hydrogen-bond donors (Lipinski definition) is 1. The molecule has 0 spiro atoms. The molecule has 0 saturated carbocycles. The standard InChI is InChI=1S/C34H33N3O7S2/c1-4-5-14-42-24-12-10-22(17-26(24)41-3)29-28(30(38)23-11-13-25-27(18-23)44-16-15-43-25)31(39)32(40)37(29)33-35-36-34(46-33)45-19-21-8-6-20(2)7-9-21/h6-13,17-18,29,38H,4-5,14-16,19H2,1-3H3/b30-28+. The number of nitrogens with zero attached hydrogens (tertiary/aromatic N) is 3. The Balaban J connectivity index is 1.40. The van der Waals surface area contributed by atoms with Gasteiger partial charge in [-0.25, -0.2) is 0 Å². The van der Waals surface area contributed by atoms with Crippen molar-refractivity contribution in [1.29, 1.82) is 0 Å². The van der Waals surface area contributed by atoms with E-state index in [1.807, 2.05) is 6.92 Å². The zero-order valence-corrected chi connectivity index (χ0v) is 27.3. The zero-order valence-electron chi connectivity index (χ0n) is 25.6. The molecule has 238 valence electrons. The average molecular weight is 660 g/mol. The number of ether oxygens (including phenoxy) is 4. The molecule has 1 amide bonds. The monoisotopic (exact) mass is 659 g/mol. The molecule has 0 aliphatic carbocycles. The summed E-state index contributed by atoms with van der Waals surface area (Å²) < 4.78 is 23.5. The number of anilines is 1. The molecular formula is C34H33N3O7S2. The summed E-state index contributed by atoms with van der Waals surface area (Å²) in [6.45, 7) is 5.40. The Morgan fingerprint density at radius 3 is 2.57 bits per heavy atom. The van der Waals surface area contributed by atoms with E-state index in [1.165, 1.54) is 40.7 Å². The largest absolute Gasteiger partial charge is 0.507 e. The molecule has 0 radical (unpaired) electrons. The molecule has 6 rings (SSSR count). The number of Topliss-reactive ketones (excluding diaryl/α,β-unsaturated/α-hetero) is 1. The van der Waals surface area contributed by atoms with Crippen LogP contribution in [0.4, 0.5) is 5.13 Å². The van der Waals surface area contributed by atoms with Crippen molar-refractivity contribution >= 4 is 45.7 Å². The predicted octanol–water partition coefficient (Wildman–Crippen LogP) is 6.72. The van der Waals surface area contributed by atoms with Gasteiger partial charge in [-0.15, -0.1) is 10.2 Å². The summed E-state index contributed by atoms with van der Waals surface area (Å²) in [5, 5.41) is 20.5. The molecule has 1 atom stereocenters. The Bertz CT molecular complexity index is 1790. The Morgan fingerprint density at radius 2 is 1.80 bits per heavy atom. The first-order valence-electron chi connectivity index (χ1n) is 14.9. The summed E-state index contributed by atoms with van der Waals surface area (Å²) in [7, 11) is 1.53. The van der Waals surface area contributed by atoms with Gasteiger partial charge < -0.3 is 24.1 Å². The van der Waals surface area contributed by atoms with Crippen molar-refractivity contribution in [2.24, 2.45) is 0 Å². The Kier molecular flexibility index (Phi) is 9.46. The van der Waals surface area contributed by atoms with Crippen LogP contribution in [-0.4, -0.2) is 53.9 Å². The van der Waals surface area contributed by atoms with Gasteiger partial charge in [-0.3, -0.25) is 14.5 Å². The molecule has 12 heteroatoms. The smallest absolute Gasteiger partial charge is 0.301 e. The normalized spacial score (nSPS) is 16.9. The van der Waals surface area contributed by atoms with Gasteiger partial charge in [0, 0.05) is 11.3 Å². The van der Waals surface area contributed by atoms with Gasteiger partial charge in [0.2, 0.25) is 5.13 Å². The predicted molar refractivity (Wildman–Crippen MR) is 176 cm³/mol. The van der Waals surface area contributed by atoms with Gasteiger partial charge in [-0.05, 0) is 54.8 Å². The van der Waals surface area contributed by atoms with E-state index >= 15 is 0 Å². The molecule has 0 bridgehead atoms. The summed E-state index contributed by atoms with van der Waals surface area (Å²) in [5.74, 6) is 0.602. The molecule has 1 aromatic heterocycles. The number of unbranched alkanes of at least 4 members (excludes halogenated alkanes) is 1. The minimum absolute atomic E-state index is 0.0903. The van der Waals surface area contributed by atoms with Gasteiger partial charge in [0.05, 0.1) is 25.3 Å². The molecule has 1 N–H and O–H groups in total. The fourth-order valence-electron chi connectivity index (χ4n) is 5.18. The number of aryl methyl sites for hydroxylation is 1. The summed E-state index contributed by atoms with van der Waals surface area (Å²) in [6, 6.07) is 17.3. The van der Waals surface area contributed by atoms with Crippen LogP contribution in [0.2, 0.25) is 0 Å². The van der Waals surface area contributed by atoms with E-state index in [2.05, 4.69) is 41.4 Å². The molecule has 46 heavy (non-hydrogen) atoms. The van der Waals surface area contributed by atoms with E-state index in [1.54, 1.807) is 36.4 Å². The summed E-state index contributed by atoms with van der Waals surface area (Å²) in [4.78, 5) is 28.8. The highest BCUT2D eigenvalue weighted by Crippen LogP contribution is 2.46. The van der Waals surface area contributed by atoms with E-state index in [-0.39, 0.29) is 16.5 Å². The highest BCUT2D eigenvalue weighted by Gasteiger charge is 2.48. The number of hydrogen-bond acceptors (Lipinski definition) is 11. The van der Waals surface area contributed by atoms with Crippen LogP contribution in [0.25, 0.3) is 5.76 Å². The topological polar surface area (TPSA) is 120 Å². The number of benzene rings is 3. The number of aromatic nitrogens is 2. The maximum Gasteiger partial charge on any atom is 0.301 e. The second kappa shape index (κ2) is 13.8. The highest BCUT2D eigenvalue weighted by molar-refractivity contribution is 8.00. The lowest BCUT2D eigenvalue weighted by atomic mass is 9.95. The number of thioether (sulfide) groups is 1. The third kappa shape index (κ3) is 6.40. The number of carbonyl (C=O) groups is 2. The molecule has 3 heterocycles. The second-order valence-corrected chi connectivity index (χ2v) is 12.9. The minimum atomic E-state index is -1.02. The van der Waals surface area contributed by atoms with E-state index in [4.69, 9.17) is 18.9 Å². The first-order valence-corrected chi connectivity index (χ1v) is 16.7. The highest BCUT2D eigenvalue weighted by atomic mass is 32.2. The van der Waals surface area contributed by atoms with Crippen molar-refractivity contribution in [3.05, 3.63) is 88.5 Å². The van der Waals surface area contributed by atoms with Gasteiger partial charge in [0.25, 0.3) is 5.78 Å². The van der Waals surface area contributed by atoms with Gasteiger partial charge in [-0.1, -0.05) is 72.3 Å². The van der Waals surface area contributed by atoms with Crippen LogP contribution < -0.4 is 23.8 Å². The van der Waals surface area contributed by atoms with E-state index in [0.29, 0.717) is 64.0 Å². The zero-order chi connectivity index (χ0) is 32.2. The summed E-state index contributed by atoms with van der Waals surface area (Å²) in [6.07, 6.45) is 1.85. The number of ketones is 1. The summed E-state index contributed by atoms with van der Waals surface area (Å²) >= 11 is 2.70. The van der Waals surface area contributed by atoms with Crippen molar-refractivity contribution in [1.82, 2.24) is 10.2 Å². The first kappa shape index (κ1) is 31.4. The second-order valence-electron chi connectivity index (χ2n) is 10.8. The van der Waals surface area contributed by atoms with E-state index in [9.17, 15) is 14.7 Å². The van der Waals surface area contributed by atoms with Crippen LogP contribution in [0.15, 0.2) is 70.6 Å². The lowest BCUT2D eigenvalue weighted by Gasteiger charge is -2.24.